The van der Waals surface area contributed by atoms with E-state index in [2.05, 4.69) is 18.9 Å². The van der Waals surface area contributed by atoms with Crippen LogP contribution >= 0.6 is 11.6 Å². The van der Waals surface area contributed by atoms with Gasteiger partial charge in [0, 0.05) is 0 Å². The summed E-state index contributed by atoms with van der Waals surface area (Å²) in [4.78, 5) is 0. The number of hydrogen-bond acceptors (Lipinski definition) is 2. The summed E-state index contributed by atoms with van der Waals surface area (Å²) in [6, 6.07) is 0.395. The summed E-state index contributed by atoms with van der Waals surface area (Å²) in [5.74, 6) is 0.612. The van der Waals surface area contributed by atoms with E-state index in [1.165, 1.54) is 0 Å². The molecule has 86 valence electrons. The highest BCUT2D eigenvalue weighted by atomic mass is 35.5. The topological polar surface area (TPSA) is 43.8 Å². The van der Waals surface area contributed by atoms with E-state index in [4.69, 9.17) is 17.3 Å². The van der Waals surface area contributed by atoms with Gasteiger partial charge in [0.1, 0.15) is 10.8 Å². The van der Waals surface area contributed by atoms with E-state index >= 15 is 0 Å². The number of halogens is 1. The van der Waals surface area contributed by atoms with Crippen molar-refractivity contribution in [2.75, 3.05) is 5.73 Å². The van der Waals surface area contributed by atoms with Crippen LogP contribution in [0, 0.1) is 6.92 Å². The Morgan fingerprint density at radius 3 is 2.20 bits per heavy atom. The van der Waals surface area contributed by atoms with Crippen LogP contribution in [0.25, 0.3) is 0 Å². The van der Waals surface area contributed by atoms with E-state index in [9.17, 15) is 0 Å². The molecule has 1 heterocycles. The lowest BCUT2D eigenvalue weighted by Gasteiger charge is -2.17. The molecule has 0 amide bonds. The van der Waals surface area contributed by atoms with Crippen LogP contribution < -0.4 is 5.73 Å². The predicted octanol–water partition coefficient (Wildman–Crippen LogP) is 3.57. The molecule has 2 N–H and O–H groups in total. The van der Waals surface area contributed by atoms with Gasteiger partial charge in [0.05, 0.1) is 11.7 Å². The second kappa shape index (κ2) is 5.40. The molecule has 0 atom stereocenters. The van der Waals surface area contributed by atoms with E-state index in [1.807, 2.05) is 11.6 Å². The number of nitrogens with zero attached hydrogens (tertiary/aromatic N) is 2. The zero-order valence-corrected chi connectivity index (χ0v) is 10.5. The molecule has 0 bridgehead atoms. The minimum absolute atomic E-state index is 0.395. The van der Waals surface area contributed by atoms with Crippen molar-refractivity contribution in [3.05, 3.63) is 10.7 Å². The normalized spacial score (nSPS) is 11.3. The molecule has 15 heavy (non-hydrogen) atoms. The third-order valence-corrected chi connectivity index (χ3v) is 3.10. The van der Waals surface area contributed by atoms with E-state index in [0.717, 1.165) is 31.4 Å². The summed E-state index contributed by atoms with van der Waals surface area (Å²) in [5, 5.41) is 5.01. The van der Waals surface area contributed by atoms with Gasteiger partial charge >= 0.3 is 0 Å². The van der Waals surface area contributed by atoms with Crippen molar-refractivity contribution in [3.63, 3.8) is 0 Å². The van der Waals surface area contributed by atoms with Crippen LogP contribution in [-0.2, 0) is 0 Å². The van der Waals surface area contributed by atoms with Crippen molar-refractivity contribution in [2.24, 2.45) is 0 Å². The van der Waals surface area contributed by atoms with Gasteiger partial charge in [0.2, 0.25) is 0 Å². The molecule has 0 unspecified atom stereocenters. The molecule has 0 aromatic carbocycles. The van der Waals surface area contributed by atoms with Gasteiger partial charge in [-0.05, 0) is 19.8 Å². The third-order valence-electron chi connectivity index (χ3n) is 2.64. The number of aryl methyl sites for hydroxylation is 1. The number of hydrogen-bond donors (Lipinski definition) is 1. The molecule has 0 aliphatic heterocycles. The standard InChI is InChI=1S/C11H20ClN3/c1-4-6-9(7-5-2)15-11(13)10(12)8(3)14-15/h9H,4-7,13H2,1-3H3. The third kappa shape index (κ3) is 2.65. The lowest BCUT2D eigenvalue weighted by molar-refractivity contribution is 0.395. The van der Waals surface area contributed by atoms with Crippen LogP contribution in [0.4, 0.5) is 5.82 Å². The number of rotatable bonds is 5. The monoisotopic (exact) mass is 229 g/mol. The zero-order chi connectivity index (χ0) is 11.4. The van der Waals surface area contributed by atoms with Crippen molar-refractivity contribution in [3.8, 4) is 0 Å². The summed E-state index contributed by atoms with van der Waals surface area (Å²) < 4.78 is 1.89. The van der Waals surface area contributed by atoms with Crippen molar-refractivity contribution in [2.45, 2.75) is 52.5 Å². The first-order valence-corrected chi connectivity index (χ1v) is 5.99. The van der Waals surface area contributed by atoms with Crippen molar-refractivity contribution in [1.29, 1.82) is 0 Å². The Hall–Kier alpha value is -0.700. The second-order valence-corrected chi connectivity index (χ2v) is 4.34. The molecular formula is C11H20ClN3. The summed E-state index contributed by atoms with van der Waals surface area (Å²) in [7, 11) is 0. The number of nitrogen functional groups attached to an aromatic ring is 1. The first-order valence-electron chi connectivity index (χ1n) is 5.61. The molecule has 0 saturated heterocycles. The van der Waals surface area contributed by atoms with Crippen molar-refractivity contribution >= 4 is 17.4 Å². The molecule has 0 saturated carbocycles. The molecule has 3 nitrogen and oxygen atoms in total. The van der Waals surface area contributed by atoms with Crippen LogP contribution in [0.3, 0.4) is 0 Å². The molecule has 0 fully saturated rings. The zero-order valence-electron chi connectivity index (χ0n) is 9.76. The van der Waals surface area contributed by atoms with E-state index < -0.39 is 0 Å². The molecule has 4 heteroatoms. The fraction of sp³-hybridized carbons (Fsp3) is 0.727. The molecule has 0 aliphatic rings. The molecule has 0 radical (unpaired) electrons. The van der Waals surface area contributed by atoms with Crippen LogP contribution in [0.1, 0.15) is 51.3 Å². The van der Waals surface area contributed by atoms with Crippen LogP contribution in [0.2, 0.25) is 5.02 Å². The lowest BCUT2D eigenvalue weighted by Crippen LogP contribution is -2.13. The molecule has 1 rings (SSSR count). The Bertz CT molecular complexity index is 314. The Kier molecular flexibility index (Phi) is 4.45. The fourth-order valence-electron chi connectivity index (χ4n) is 1.88. The highest BCUT2D eigenvalue weighted by molar-refractivity contribution is 6.33. The molecule has 1 aromatic rings. The highest BCUT2D eigenvalue weighted by Gasteiger charge is 2.17. The molecular weight excluding hydrogens is 210 g/mol. The minimum Gasteiger partial charge on any atom is -0.383 e. The second-order valence-electron chi connectivity index (χ2n) is 3.96. The van der Waals surface area contributed by atoms with E-state index in [-0.39, 0.29) is 0 Å². The predicted molar refractivity (Wildman–Crippen MR) is 65.2 cm³/mol. The summed E-state index contributed by atoms with van der Waals surface area (Å²) in [5.41, 5.74) is 6.76. The Labute approximate surface area is 96.6 Å². The van der Waals surface area contributed by atoms with Crippen LogP contribution in [0.5, 0.6) is 0 Å². The van der Waals surface area contributed by atoms with Gasteiger partial charge in [-0.25, -0.2) is 4.68 Å². The Balaban J connectivity index is 2.94. The van der Waals surface area contributed by atoms with Gasteiger partial charge in [-0.15, -0.1) is 0 Å². The molecule has 1 aromatic heterocycles. The van der Waals surface area contributed by atoms with Gasteiger partial charge in [-0.1, -0.05) is 38.3 Å². The average Bonchev–Trinajstić information content (AvgIpc) is 2.46. The van der Waals surface area contributed by atoms with E-state index in [1.54, 1.807) is 0 Å². The van der Waals surface area contributed by atoms with Gasteiger partial charge in [-0.3, -0.25) is 0 Å². The average molecular weight is 230 g/mol. The molecule has 0 spiro atoms. The lowest BCUT2D eigenvalue weighted by atomic mass is 10.1. The van der Waals surface area contributed by atoms with Gasteiger partial charge in [-0.2, -0.15) is 5.10 Å². The SMILES string of the molecule is CCCC(CCC)n1nc(C)c(Cl)c1N. The summed E-state index contributed by atoms with van der Waals surface area (Å²) >= 11 is 6.03. The minimum atomic E-state index is 0.395. The number of anilines is 1. The maximum atomic E-state index is 6.03. The Morgan fingerprint density at radius 2 is 1.87 bits per heavy atom. The van der Waals surface area contributed by atoms with Crippen LogP contribution in [0.15, 0.2) is 0 Å². The number of aromatic nitrogens is 2. The van der Waals surface area contributed by atoms with Crippen LogP contribution in [-0.4, -0.2) is 9.78 Å². The quantitative estimate of drug-likeness (QED) is 0.839. The maximum Gasteiger partial charge on any atom is 0.141 e. The highest BCUT2D eigenvalue weighted by Crippen LogP contribution is 2.29. The summed E-state index contributed by atoms with van der Waals surface area (Å²) in [6.07, 6.45) is 4.49. The van der Waals surface area contributed by atoms with E-state index in [0.29, 0.717) is 16.9 Å². The summed E-state index contributed by atoms with van der Waals surface area (Å²) in [6.45, 7) is 6.25. The first-order chi connectivity index (χ1) is 7.11. The van der Waals surface area contributed by atoms with Gasteiger partial charge in [0.25, 0.3) is 0 Å². The first kappa shape index (κ1) is 12.4. The van der Waals surface area contributed by atoms with Crippen molar-refractivity contribution in [1.82, 2.24) is 9.78 Å². The fourth-order valence-corrected chi connectivity index (χ4v) is 2.00. The number of nitrogens with two attached hydrogens (primary N) is 1. The van der Waals surface area contributed by atoms with Gasteiger partial charge < -0.3 is 5.73 Å². The van der Waals surface area contributed by atoms with Crippen molar-refractivity contribution < 1.29 is 0 Å². The Morgan fingerprint density at radius 1 is 1.33 bits per heavy atom. The molecule has 0 aliphatic carbocycles. The maximum absolute atomic E-state index is 6.03. The largest absolute Gasteiger partial charge is 0.383 e. The van der Waals surface area contributed by atoms with Gasteiger partial charge in [0.15, 0.2) is 0 Å². The smallest absolute Gasteiger partial charge is 0.141 e.